The van der Waals surface area contributed by atoms with Crippen molar-refractivity contribution in [2.75, 3.05) is 26.8 Å². The highest BCUT2D eigenvalue weighted by atomic mass is 16.5. The number of rotatable bonds is 8. The summed E-state index contributed by atoms with van der Waals surface area (Å²) in [5, 5.41) is 0. The Morgan fingerprint density at radius 2 is 2.08 bits per heavy atom. The van der Waals surface area contributed by atoms with E-state index in [1.807, 2.05) is 37.3 Å². The summed E-state index contributed by atoms with van der Waals surface area (Å²) in [4.78, 5) is 18.5. The molecule has 1 aliphatic rings. The number of benzene rings is 1. The van der Waals surface area contributed by atoms with Gasteiger partial charge in [0.05, 0.1) is 18.7 Å². The van der Waals surface area contributed by atoms with Crippen molar-refractivity contribution in [2.24, 2.45) is 5.92 Å². The van der Waals surface area contributed by atoms with Crippen LogP contribution in [0.25, 0.3) is 11.5 Å². The highest BCUT2D eigenvalue weighted by molar-refractivity contribution is 5.78. The van der Waals surface area contributed by atoms with E-state index in [1.54, 1.807) is 11.9 Å². The number of likely N-dealkylation sites (N-methyl/N-ethyl adjacent to an activating group) is 1. The van der Waals surface area contributed by atoms with Gasteiger partial charge in [0.2, 0.25) is 11.8 Å². The average Bonchev–Trinajstić information content (AvgIpc) is 3.35. The van der Waals surface area contributed by atoms with Crippen LogP contribution in [0.3, 0.4) is 0 Å². The van der Waals surface area contributed by atoms with Gasteiger partial charge in [-0.3, -0.25) is 4.79 Å². The van der Waals surface area contributed by atoms with Crippen molar-refractivity contribution in [3.63, 3.8) is 0 Å². The number of hydrogen-bond donors (Lipinski definition) is 0. The van der Waals surface area contributed by atoms with Gasteiger partial charge in [0, 0.05) is 25.8 Å². The number of hydrogen-bond acceptors (Lipinski definition) is 4. The molecular weight excluding hydrogens is 304 g/mol. The predicted molar refractivity (Wildman–Crippen MR) is 91.6 cm³/mol. The van der Waals surface area contributed by atoms with Crippen LogP contribution in [-0.2, 0) is 16.0 Å². The molecule has 2 aromatic rings. The molecule has 5 heteroatoms. The summed E-state index contributed by atoms with van der Waals surface area (Å²) >= 11 is 0. The van der Waals surface area contributed by atoms with E-state index in [0.717, 1.165) is 18.1 Å². The third kappa shape index (κ3) is 4.45. The standard InChI is InChI=1S/C19H24N2O3/c1-14-17(20-19(24-14)16-6-4-3-5-7-16)12-18(22)21(2)10-11-23-13-15-8-9-15/h3-7,15H,8-13H2,1-2H3. The first-order valence-electron chi connectivity index (χ1n) is 8.47. The number of ether oxygens (including phenoxy) is 1. The van der Waals surface area contributed by atoms with Gasteiger partial charge in [-0.2, -0.15) is 0 Å². The minimum absolute atomic E-state index is 0.0287. The monoisotopic (exact) mass is 328 g/mol. The van der Waals surface area contributed by atoms with Gasteiger partial charge in [-0.05, 0) is 37.8 Å². The smallest absolute Gasteiger partial charge is 0.228 e. The van der Waals surface area contributed by atoms with Gasteiger partial charge in [-0.15, -0.1) is 0 Å². The Morgan fingerprint density at radius 3 is 2.79 bits per heavy atom. The zero-order chi connectivity index (χ0) is 16.9. The molecule has 0 atom stereocenters. The van der Waals surface area contributed by atoms with E-state index in [1.165, 1.54) is 12.8 Å². The van der Waals surface area contributed by atoms with E-state index in [9.17, 15) is 4.79 Å². The molecule has 0 saturated heterocycles. The van der Waals surface area contributed by atoms with Crippen LogP contribution < -0.4 is 0 Å². The summed E-state index contributed by atoms with van der Waals surface area (Å²) in [7, 11) is 1.80. The average molecular weight is 328 g/mol. The van der Waals surface area contributed by atoms with Gasteiger partial charge in [-0.1, -0.05) is 18.2 Å². The van der Waals surface area contributed by atoms with Crippen molar-refractivity contribution in [3.05, 3.63) is 41.8 Å². The van der Waals surface area contributed by atoms with Crippen LogP contribution in [0.5, 0.6) is 0 Å². The van der Waals surface area contributed by atoms with Crippen LogP contribution in [0.2, 0.25) is 0 Å². The lowest BCUT2D eigenvalue weighted by Gasteiger charge is -2.16. The topological polar surface area (TPSA) is 55.6 Å². The van der Waals surface area contributed by atoms with Crippen LogP contribution >= 0.6 is 0 Å². The lowest BCUT2D eigenvalue weighted by atomic mass is 10.2. The fraction of sp³-hybridized carbons (Fsp3) is 0.474. The molecule has 1 aliphatic carbocycles. The minimum Gasteiger partial charge on any atom is -0.441 e. The molecule has 5 nitrogen and oxygen atoms in total. The Bertz CT molecular complexity index is 677. The third-order valence-corrected chi connectivity index (χ3v) is 4.28. The Balaban J connectivity index is 1.52. The van der Waals surface area contributed by atoms with Crippen molar-refractivity contribution >= 4 is 5.91 Å². The highest BCUT2D eigenvalue weighted by Crippen LogP contribution is 2.28. The zero-order valence-corrected chi connectivity index (χ0v) is 14.3. The summed E-state index contributed by atoms with van der Waals surface area (Å²) in [6.45, 7) is 3.87. The van der Waals surface area contributed by atoms with E-state index in [-0.39, 0.29) is 12.3 Å². The normalized spacial score (nSPS) is 13.9. The second-order valence-electron chi connectivity index (χ2n) is 6.40. The van der Waals surface area contributed by atoms with Crippen LogP contribution in [-0.4, -0.2) is 42.6 Å². The van der Waals surface area contributed by atoms with Crippen LogP contribution in [0.1, 0.15) is 24.3 Å². The SMILES string of the molecule is Cc1oc(-c2ccccc2)nc1CC(=O)N(C)CCOCC1CC1. The zero-order valence-electron chi connectivity index (χ0n) is 14.3. The molecule has 1 aromatic heterocycles. The molecule has 3 rings (SSSR count). The maximum atomic E-state index is 12.3. The van der Waals surface area contributed by atoms with Gasteiger partial charge in [-0.25, -0.2) is 4.98 Å². The van der Waals surface area contributed by atoms with Crippen molar-refractivity contribution in [3.8, 4) is 11.5 Å². The van der Waals surface area contributed by atoms with Crippen LogP contribution in [0.4, 0.5) is 0 Å². The Morgan fingerprint density at radius 1 is 1.33 bits per heavy atom. The largest absolute Gasteiger partial charge is 0.441 e. The summed E-state index contributed by atoms with van der Waals surface area (Å²) in [6, 6.07) is 9.72. The number of oxazole rings is 1. The molecule has 1 fully saturated rings. The molecule has 0 bridgehead atoms. The first-order valence-corrected chi connectivity index (χ1v) is 8.47. The Hall–Kier alpha value is -2.14. The van der Waals surface area contributed by atoms with Gasteiger partial charge in [0.25, 0.3) is 0 Å². The number of carbonyl (C=O) groups is 1. The lowest BCUT2D eigenvalue weighted by Crippen LogP contribution is -2.31. The van der Waals surface area contributed by atoms with E-state index in [0.29, 0.717) is 30.5 Å². The summed E-state index contributed by atoms with van der Waals surface area (Å²) in [6.07, 6.45) is 2.81. The minimum atomic E-state index is 0.0287. The van der Waals surface area contributed by atoms with E-state index >= 15 is 0 Å². The molecule has 1 saturated carbocycles. The Kier molecular flexibility index (Phi) is 5.30. The Labute approximate surface area is 142 Å². The summed E-state index contributed by atoms with van der Waals surface area (Å²) < 4.78 is 11.3. The molecule has 1 aromatic carbocycles. The van der Waals surface area contributed by atoms with Crippen molar-refractivity contribution < 1.29 is 13.9 Å². The quantitative estimate of drug-likeness (QED) is 0.699. The molecule has 0 aliphatic heterocycles. The first-order chi connectivity index (χ1) is 11.6. The molecule has 0 N–H and O–H groups in total. The fourth-order valence-corrected chi connectivity index (χ4v) is 2.44. The molecule has 0 radical (unpaired) electrons. The van der Waals surface area contributed by atoms with Crippen LogP contribution in [0, 0.1) is 12.8 Å². The second kappa shape index (κ2) is 7.62. The molecule has 1 amide bonds. The number of aromatic nitrogens is 1. The van der Waals surface area contributed by atoms with E-state index in [4.69, 9.17) is 9.15 Å². The number of carbonyl (C=O) groups excluding carboxylic acids is 1. The van der Waals surface area contributed by atoms with E-state index in [2.05, 4.69) is 4.98 Å². The maximum absolute atomic E-state index is 12.3. The van der Waals surface area contributed by atoms with Gasteiger partial charge < -0.3 is 14.1 Å². The molecule has 24 heavy (non-hydrogen) atoms. The predicted octanol–water partition coefficient (Wildman–Crippen LogP) is 3.08. The number of amides is 1. The van der Waals surface area contributed by atoms with Gasteiger partial charge in [0.1, 0.15) is 5.76 Å². The fourth-order valence-electron chi connectivity index (χ4n) is 2.44. The molecule has 0 unspecified atom stereocenters. The highest BCUT2D eigenvalue weighted by Gasteiger charge is 2.21. The summed E-state index contributed by atoms with van der Waals surface area (Å²) in [5.74, 6) is 2.04. The number of nitrogens with zero attached hydrogens (tertiary/aromatic N) is 2. The van der Waals surface area contributed by atoms with Crippen molar-refractivity contribution in [2.45, 2.75) is 26.2 Å². The van der Waals surface area contributed by atoms with E-state index < -0.39 is 0 Å². The molecule has 0 spiro atoms. The maximum Gasteiger partial charge on any atom is 0.228 e. The molecule has 1 heterocycles. The molecule has 128 valence electrons. The van der Waals surface area contributed by atoms with Gasteiger partial charge in [0.15, 0.2) is 0 Å². The van der Waals surface area contributed by atoms with Gasteiger partial charge >= 0.3 is 0 Å². The second-order valence-corrected chi connectivity index (χ2v) is 6.40. The van der Waals surface area contributed by atoms with Crippen LogP contribution in [0.15, 0.2) is 34.7 Å². The summed E-state index contributed by atoms with van der Waals surface area (Å²) in [5.41, 5.74) is 1.62. The van der Waals surface area contributed by atoms with Crippen molar-refractivity contribution in [1.29, 1.82) is 0 Å². The number of aryl methyl sites for hydroxylation is 1. The third-order valence-electron chi connectivity index (χ3n) is 4.28. The lowest BCUT2D eigenvalue weighted by molar-refractivity contribution is -0.129. The van der Waals surface area contributed by atoms with Crippen molar-refractivity contribution in [1.82, 2.24) is 9.88 Å². The first kappa shape index (κ1) is 16.7. The molecular formula is C19H24N2O3.